The molecule has 0 fully saturated rings. The number of fused-ring (bicyclic) bond motifs is 1. The number of pyridine rings is 1. The van der Waals surface area contributed by atoms with Crippen molar-refractivity contribution in [2.45, 2.75) is 46.8 Å². The van der Waals surface area contributed by atoms with Crippen LogP contribution >= 0.6 is 11.3 Å². The van der Waals surface area contributed by atoms with Crippen molar-refractivity contribution in [3.63, 3.8) is 0 Å². The fourth-order valence-electron chi connectivity index (χ4n) is 2.79. The Labute approximate surface area is 164 Å². The van der Waals surface area contributed by atoms with Crippen molar-refractivity contribution in [1.82, 2.24) is 14.5 Å². The van der Waals surface area contributed by atoms with Crippen LogP contribution in [0.4, 0.5) is 19.0 Å². The lowest BCUT2D eigenvalue weighted by Gasteiger charge is -2.17. The fraction of sp³-hybridized carbons (Fsp3) is 0.421. The third kappa shape index (κ3) is 4.70. The third-order valence-corrected chi connectivity index (χ3v) is 5.06. The standard InChI is InChI=1S/C19H21F3N4OS/c1-11-7-13-12(24-17(11)25-15(27)8-18(2,3)4)5-6-26(13)10-16-23-9-14(28-16)19(20,21)22/h5-7,9H,8,10H2,1-4H3,(H,24,25,27). The fourth-order valence-corrected chi connectivity index (χ4v) is 3.57. The van der Waals surface area contributed by atoms with E-state index in [0.29, 0.717) is 34.1 Å². The van der Waals surface area contributed by atoms with Gasteiger partial charge in [-0.05, 0) is 30.0 Å². The minimum absolute atomic E-state index is 0.107. The summed E-state index contributed by atoms with van der Waals surface area (Å²) in [5.41, 5.74) is 2.08. The highest BCUT2D eigenvalue weighted by atomic mass is 32.1. The van der Waals surface area contributed by atoms with Crippen molar-refractivity contribution < 1.29 is 18.0 Å². The van der Waals surface area contributed by atoms with Crippen molar-refractivity contribution in [3.8, 4) is 0 Å². The summed E-state index contributed by atoms with van der Waals surface area (Å²) < 4.78 is 40.1. The topological polar surface area (TPSA) is 59.8 Å². The van der Waals surface area contributed by atoms with E-state index in [2.05, 4.69) is 15.3 Å². The first kappa shape index (κ1) is 20.3. The zero-order chi connectivity index (χ0) is 20.7. The number of hydrogen-bond donors (Lipinski definition) is 1. The van der Waals surface area contributed by atoms with Gasteiger partial charge in [-0.3, -0.25) is 4.79 Å². The van der Waals surface area contributed by atoms with Crippen LogP contribution in [0.15, 0.2) is 24.5 Å². The van der Waals surface area contributed by atoms with Crippen LogP contribution in [0.3, 0.4) is 0 Å². The van der Waals surface area contributed by atoms with Crippen LogP contribution in [0.5, 0.6) is 0 Å². The molecule has 1 N–H and O–H groups in total. The average molecular weight is 410 g/mol. The number of aryl methyl sites for hydroxylation is 1. The number of nitrogens with zero attached hydrogens (tertiary/aromatic N) is 3. The maximum Gasteiger partial charge on any atom is 0.427 e. The summed E-state index contributed by atoms with van der Waals surface area (Å²) in [5, 5.41) is 3.21. The predicted octanol–water partition coefficient (Wildman–Crippen LogP) is 5.24. The molecule has 0 spiro atoms. The summed E-state index contributed by atoms with van der Waals surface area (Å²) in [4.78, 5) is 19.9. The quantitative estimate of drug-likeness (QED) is 0.640. The van der Waals surface area contributed by atoms with Gasteiger partial charge >= 0.3 is 6.18 Å². The van der Waals surface area contributed by atoms with Gasteiger partial charge in [0, 0.05) is 12.6 Å². The number of halogens is 3. The maximum atomic E-state index is 12.8. The number of carbonyl (C=O) groups is 1. The Hall–Kier alpha value is -2.42. The maximum absolute atomic E-state index is 12.8. The first-order chi connectivity index (χ1) is 12.9. The van der Waals surface area contributed by atoms with Crippen LogP contribution in [-0.2, 0) is 17.5 Å². The molecule has 0 atom stereocenters. The molecule has 0 aliphatic heterocycles. The van der Waals surface area contributed by atoms with E-state index < -0.39 is 11.1 Å². The summed E-state index contributed by atoms with van der Waals surface area (Å²) in [6.07, 6.45) is -1.39. The van der Waals surface area contributed by atoms with Gasteiger partial charge in [0.25, 0.3) is 0 Å². The molecule has 28 heavy (non-hydrogen) atoms. The second-order valence-electron chi connectivity index (χ2n) is 7.90. The van der Waals surface area contributed by atoms with Crippen LogP contribution in [-0.4, -0.2) is 20.4 Å². The molecule has 0 saturated carbocycles. The van der Waals surface area contributed by atoms with E-state index in [-0.39, 0.29) is 17.9 Å². The summed E-state index contributed by atoms with van der Waals surface area (Å²) in [7, 11) is 0. The second kappa shape index (κ2) is 7.20. The molecule has 3 heterocycles. The van der Waals surface area contributed by atoms with Gasteiger partial charge in [-0.25, -0.2) is 9.97 Å². The second-order valence-corrected chi connectivity index (χ2v) is 9.02. The van der Waals surface area contributed by atoms with Gasteiger partial charge in [-0.1, -0.05) is 20.8 Å². The third-order valence-electron chi connectivity index (χ3n) is 4.03. The van der Waals surface area contributed by atoms with Gasteiger partial charge in [-0.15, -0.1) is 11.3 Å². The molecule has 0 radical (unpaired) electrons. The highest BCUT2D eigenvalue weighted by Crippen LogP contribution is 2.34. The van der Waals surface area contributed by atoms with Crippen LogP contribution in [0.2, 0.25) is 0 Å². The largest absolute Gasteiger partial charge is 0.427 e. The number of aromatic nitrogens is 3. The van der Waals surface area contributed by atoms with E-state index in [1.807, 2.05) is 33.8 Å². The Morgan fingerprint density at radius 1 is 1.29 bits per heavy atom. The normalized spacial score (nSPS) is 12.5. The molecule has 0 unspecified atom stereocenters. The zero-order valence-corrected chi connectivity index (χ0v) is 16.8. The molecule has 3 aromatic rings. The molecule has 0 saturated heterocycles. The molecular formula is C19H21F3N4OS. The lowest BCUT2D eigenvalue weighted by atomic mass is 9.92. The number of carbonyl (C=O) groups excluding carboxylic acids is 1. The van der Waals surface area contributed by atoms with Crippen molar-refractivity contribution in [2.24, 2.45) is 5.41 Å². The number of hydrogen-bond acceptors (Lipinski definition) is 4. The predicted molar refractivity (Wildman–Crippen MR) is 103 cm³/mol. The van der Waals surface area contributed by atoms with E-state index in [1.165, 1.54) is 0 Å². The van der Waals surface area contributed by atoms with Gasteiger partial charge < -0.3 is 9.88 Å². The first-order valence-corrected chi connectivity index (χ1v) is 9.52. The summed E-state index contributed by atoms with van der Waals surface area (Å²) in [6, 6.07) is 3.64. The summed E-state index contributed by atoms with van der Waals surface area (Å²) in [5.74, 6) is 0.387. The van der Waals surface area contributed by atoms with Gasteiger partial charge in [0.15, 0.2) is 0 Å². The molecule has 0 aliphatic rings. The van der Waals surface area contributed by atoms with E-state index >= 15 is 0 Å². The molecule has 3 aromatic heterocycles. The van der Waals surface area contributed by atoms with Crippen LogP contribution < -0.4 is 5.32 Å². The lowest BCUT2D eigenvalue weighted by molar-refractivity contribution is -0.134. The Morgan fingerprint density at radius 3 is 2.61 bits per heavy atom. The molecule has 150 valence electrons. The van der Waals surface area contributed by atoms with Crippen LogP contribution in [0, 0.1) is 12.3 Å². The Kier molecular flexibility index (Phi) is 5.22. The smallest absolute Gasteiger partial charge is 0.339 e. The first-order valence-electron chi connectivity index (χ1n) is 8.71. The molecule has 3 rings (SSSR count). The van der Waals surface area contributed by atoms with Gasteiger partial charge in [0.05, 0.1) is 23.8 Å². The Morgan fingerprint density at radius 2 is 2.00 bits per heavy atom. The van der Waals surface area contributed by atoms with E-state index in [4.69, 9.17) is 0 Å². The average Bonchev–Trinajstić information content (AvgIpc) is 3.14. The Balaban J connectivity index is 1.82. The molecule has 0 aliphatic carbocycles. The number of alkyl halides is 3. The van der Waals surface area contributed by atoms with Crippen molar-refractivity contribution >= 4 is 34.1 Å². The highest BCUT2D eigenvalue weighted by molar-refractivity contribution is 7.11. The summed E-state index contributed by atoms with van der Waals surface area (Å²) >= 11 is 0.633. The van der Waals surface area contributed by atoms with Crippen molar-refractivity contribution in [1.29, 1.82) is 0 Å². The van der Waals surface area contributed by atoms with E-state index in [0.717, 1.165) is 17.3 Å². The highest BCUT2D eigenvalue weighted by Gasteiger charge is 2.33. The van der Waals surface area contributed by atoms with E-state index in [1.54, 1.807) is 16.8 Å². The van der Waals surface area contributed by atoms with Crippen LogP contribution in [0.25, 0.3) is 11.0 Å². The van der Waals surface area contributed by atoms with Crippen molar-refractivity contribution in [2.75, 3.05) is 5.32 Å². The molecule has 0 bridgehead atoms. The van der Waals surface area contributed by atoms with Crippen molar-refractivity contribution in [3.05, 3.63) is 40.0 Å². The number of anilines is 1. The molecular weight excluding hydrogens is 389 g/mol. The Bertz CT molecular complexity index is 1010. The molecule has 5 nitrogen and oxygen atoms in total. The number of rotatable bonds is 4. The minimum atomic E-state index is -4.38. The molecule has 1 amide bonds. The van der Waals surface area contributed by atoms with Gasteiger partial charge in [0.1, 0.15) is 15.7 Å². The van der Waals surface area contributed by atoms with E-state index in [9.17, 15) is 18.0 Å². The summed E-state index contributed by atoms with van der Waals surface area (Å²) in [6.45, 7) is 8.01. The van der Waals surface area contributed by atoms with Crippen LogP contribution in [0.1, 0.15) is 42.6 Å². The molecule has 9 heteroatoms. The number of amides is 1. The SMILES string of the molecule is Cc1cc2c(ccn2Cc2ncc(C(F)(F)F)s2)nc1NC(=O)CC(C)(C)C. The zero-order valence-electron chi connectivity index (χ0n) is 16.0. The monoisotopic (exact) mass is 410 g/mol. The number of nitrogens with one attached hydrogen (secondary N) is 1. The number of thiazole rings is 1. The van der Waals surface area contributed by atoms with Gasteiger partial charge in [0.2, 0.25) is 5.91 Å². The molecule has 0 aromatic carbocycles. The van der Waals surface area contributed by atoms with Gasteiger partial charge in [-0.2, -0.15) is 13.2 Å². The lowest BCUT2D eigenvalue weighted by Crippen LogP contribution is -2.20. The minimum Gasteiger partial charge on any atom is -0.339 e.